The van der Waals surface area contributed by atoms with Crippen molar-refractivity contribution in [3.05, 3.63) is 59.3 Å². The highest BCUT2D eigenvalue weighted by Gasteiger charge is 2.35. The van der Waals surface area contributed by atoms with E-state index in [1.165, 1.54) is 30.3 Å². The summed E-state index contributed by atoms with van der Waals surface area (Å²) in [6.45, 7) is 5.06. The molecule has 2 aromatic carbocycles. The highest BCUT2D eigenvalue weighted by molar-refractivity contribution is 7.84. The predicted octanol–water partition coefficient (Wildman–Crippen LogP) is 5.17. The standard InChI is InChI=1S/C22H22F3NO4S/c1-21(2,3)30-20(28)19-14-11-13(27)9-10-16(14)26(4)17(19)12-31(29)18-8-6-5-7-15(18)22(23,24)25/h5-11,27H,12H2,1-4H3. The Hall–Kier alpha value is -2.81. The number of carbonyl (C=O) groups excluding carboxylic acids is 1. The summed E-state index contributed by atoms with van der Waals surface area (Å²) in [5.41, 5.74) is -0.931. The zero-order valence-corrected chi connectivity index (χ0v) is 18.2. The summed E-state index contributed by atoms with van der Waals surface area (Å²) in [6.07, 6.45) is -4.66. The van der Waals surface area contributed by atoms with Gasteiger partial charge in [-0.15, -0.1) is 0 Å². The Balaban J connectivity index is 2.15. The Morgan fingerprint density at radius 2 is 1.77 bits per heavy atom. The van der Waals surface area contributed by atoms with Crippen LogP contribution in [0.15, 0.2) is 47.4 Å². The molecule has 0 amide bonds. The summed E-state index contributed by atoms with van der Waals surface area (Å²) < 4.78 is 60.3. The molecule has 0 aliphatic rings. The molecule has 1 unspecified atom stereocenters. The molecule has 0 radical (unpaired) electrons. The van der Waals surface area contributed by atoms with Crippen LogP contribution in [0.2, 0.25) is 0 Å². The molecule has 166 valence electrons. The summed E-state index contributed by atoms with van der Waals surface area (Å²) >= 11 is 0. The first-order valence-electron chi connectivity index (χ1n) is 9.38. The topological polar surface area (TPSA) is 68.5 Å². The third kappa shape index (κ3) is 4.76. The van der Waals surface area contributed by atoms with Crippen molar-refractivity contribution in [2.45, 2.75) is 43.2 Å². The lowest BCUT2D eigenvalue weighted by Crippen LogP contribution is -2.24. The maximum atomic E-state index is 13.4. The lowest BCUT2D eigenvalue weighted by Gasteiger charge is -2.20. The fourth-order valence-corrected chi connectivity index (χ4v) is 4.71. The van der Waals surface area contributed by atoms with Crippen LogP contribution in [0.25, 0.3) is 10.9 Å². The number of hydrogen-bond acceptors (Lipinski definition) is 4. The zero-order valence-electron chi connectivity index (χ0n) is 17.4. The zero-order chi connectivity index (χ0) is 23.1. The fraction of sp³-hybridized carbons (Fsp3) is 0.318. The number of benzene rings is 2. The number of alkyl halides is 3. The minimum Gasteiger partial charge on any atom is -0.508 e. The van der Waals surface area contributed by atoms with Gasteiger partial charge in [-0.25, -0.2) is 4.79 Å². The number of aromatic hydroxyl groups is 1. The van der Waals surface area contributed by atoms with Crippen molar-refractivity contribution in [2.75, 3.05) is 0 Å². The van der Waals surface area contributed by atoms with Gasteiger partial charge in [-0.3, -0.25) is 4.21 Å². The number of aromatic nitrogens is 1. The number of phenols is 1. The van der Waals surface area contributed by atoms with Crippen LogP contribution in [0.1, 0.15) is 42.4 Å². The van der Waals surface area contributed by atoms with E-state index in [0.29, 0.717) is 10.9 Å². The molecule has 31 heavy (non-hydrogen) atoms. The highest BCUT2D eigenvalue weighted by atomic mass is 32.2. The van der Waals surface area contributed by atoms with Crippen LogP contribution in [-0.2, 0) is 34.5 Å². The van der Waals surface area contributed by atoms with Crippen molar-refractivity contribution >= 4 is 27.7 Å². The Morgan fingerprint density at radius 3 is 2.39 bits per heavy atom. The number of hydrogen-bond donors (Lipinski definition) is 1. The van der Waals surface area contributed by atoms with E-state index in [1.807, 2.05) is 0 Å². The average molecular weight is 453 g/mol. The number of ether oxygens (including phenoxy) is 1. The van der Waals surface area contributed by atoms with E-state index in [0.717, 1.165) is 6.07 Å². The molecule has 9 heteroatoms. The summed E-state index contributed by atoms with van der Waals surface area (Å²) in [5, 5.41) is 10.3. The Kier molecular flexibility index (Phi) is 5.92. The quantitative estimate of drug-likeness (QED) is 0.554. The molecule has 3 aromatic rings. The van der Waals surface area contributed by atoms with Crippen LogP contribution in [-0.4, -0.2) is 25.5 Å². The Morgan fingerprint density at radius 1 is 1.13 bits per heavy atom. The monoisotopic (exact) mass is 453 g/mol. The van der Waals surface area contributed by atoms with Gasteiger partial charge >= 0.3 is 12.1 Å². The number of carbonyl (C=O) groups is 1. The van der Waals surface area contributed by atoms with Crippen molar-refractivity contribution in [3.63, 3.8) is 0 Å². The third-order valence-corrected chi connectivity index (χ3v) is 6.00. The SMILES string of the molecule is Cn1c(CS(=O)c2ccccc2C(F)(F)F)c(C(=O)OC(C)(C)C)c2cc(O)ccc21. The van der Waals surface area contributed by atoms with Crippen LogP contribution >= 0.6 is 0 Å². The first-order valence-corrected chi connectivity index (χ1v) is 10.7. The van der Waals surface area contributed by atoms with Crippen LogP contribution in [0, 0.1) is 0 Å². The minimum absolute atomic E-state index is 0.0705. The summed E-state index contributed by atoms with van der Waals surface area (Å²) in [7, 11) is -0.475. The van der Waals surface area contributed by atoms with Crippen LogP contribution < -0.4 is 0 Å². The van der Waals surface area contributed by atoms with Gasteiger partial charge in [-0.1, -0.05) is 12.1 Å². The molecule has 0 spiro atoms. The number of rotatable bonds is 4. The van der Waals surface area contributed by atoms with Gasteiger partial charge in [-0.2, -0.15) is 13.2 Å². The smallest absolute Gasteiger partial charge is 0.417 e. The second kappa shape index (κ2) is 8.03. The van der Waals surface area contributed by atoms with Crippen molar-refractivity contribution in [2.24, 2.45) is 7.05 Å². The van der Waals surface area contributed by atoms with E-state index in [1.54, 1.807) is 38.5 Å². The Labute approximate surface area is 179 Å². The van der Waals surface area contributed by atoms with Gasteiger partial charge in [0.1, 0.15) is 11.4 Å². The van der Waals surface area contributed by atoms with Gasteiger partial charge in [0, 0.05) is 23.6 Å². The van der Waals surface area contributed by atoms with Crippen LogP contribution in [0.5, 0.6) is 5.75 Å². The number of aryl methyl sites for hydroxylation is 1. The van der Waals surface area contributed by atoms with Gasteiger partial charge in [0.05, 0.1) is 32.6 Å². The summed E-state index contributed by atoms with van der Waals surface area (Å²) in [4.78, 5) is 12.6. The predicted molar refractivity (Wildman–Crippen MR) is 111 cm³/mol. The molecular formula is C22H22F3NO4S. The van der Waals surface area contributed by atoms with E-state index in [9.17, 15) is 27.3 Å². The summed E-state index contributed by atoms with van der Waals surface area (Å²) in [5.74, 6) is -1.13. The fourth-order valence-electron chi connectivity index (χ4n) is 3.31. The molecule has 0 saturated heterocycles. The Bertz CT molecular complexity index is 1180. The first kappa shape index (κ1) is 22.9. The number of esters is 1. The minimum atomic E-state index is -4.66. The van der Waals surface area contributed by atoms with Crippen LogP contribution in [0.3, 0.4) is 0 Å². The largest absolute Gasteiger partial charge is 0.508 e. The third-order valence-electron chi connectivity index (χ3n) is 4.61. The normalized spacial score (nSPS) is 13.4. The average Bonchev–Trinajstić information content (AvgIpc) is 2.91. The van der Waals surface area contributed by atoms with Crippen LogP contribution in [0.4, 0.5) is 13.2 Å². The second-order valence-electron chi connectivity index (χ2n) is 8.07. The van der Waals surface area contributed by atoms with E-state index < -0.39 is 34.1 Å². The molecule has 3 rings (SSSR count). The van der Waals surface area contributed by atoms with Gasteiger partial charge < -0.3 is 14.4 Å². The molecular weight excluding hydrogens is 431 g/mol. The van der Waals surface area contributed by atoms with E-state index >= 15 is 0 Å². The van der Waals surface area contributed by atoms with Crippen molar-refractivity contribution in [1.82, 2.24) is 4.57 Å². The molecule has 0 bridgehead atoms. The van der Waals surface area contributed by atoms with Gasteiger partial charge in [-0.05, 0) is 51.1 Å². The van der Waals surface area contributed by atoms with E-state index in [4.69, 9.17) is 4.74 Å². The summed E-state index contributed by atoms with van der Waals surface area (Å²) in [6, 6.07) is 9.05. The van der Waals surface area contributed by atoms with E-state index in [-0.39, 0.29) is 27.7 Å². The van der Waals surface area contributed by atoms with Gasteiger partial charge in [0.15, 0.2) is 0 Å². The molecule has 0 fully saturated rings. The number of fused-ring (bicyclic) bond motifs is 1. The van der Waals surface area contributed by atoms with E-state index in [2.05, 4.69) is 0 Å². The first-order chi connectivity index (χ1) is 14.3. The molecule has 1 N–H and O–H groups in total. The molecule has 1 aromatic heterocycles. The molecule has 1 heterocycles. The molecule has 0 saturated carbocycles. The maximum Gasteiger partial charge on any atom is 0.417 e. The lowest BCUT2D eigenvalue weighted by molar-refractivity contribution is -0.139. The highest BCUT2D eigenvalue weighted by Crippen LogP contribution is 2.36. The molecule has 0 aliphatic heterocycles. The second-order valence-corrected chi connectivity index (χ2v) is 9.49. The number of nitrogens with zero attached hydrogens (tertiary/aromatic N) is 1. The lowest BCUT2D eigenvalue weighted by atomic mass is 10.1. The molecule has 5 nitrogen and oxygen atoms in total. The van der Waals surface area contributed by atoms with Crippen molar-refractivity contribution in [3.8, 4) is 5.75 Å². The maximum absolute atomic E-state index is 13.4. The number of phenolic OH excluding ortho intramolecular Hbond substituents is 1. The van der Waals surface area contributed by atoms with Gasteiger partial charge in [0.2, 0.25) is 0 Å². The van der Waals surface area contributed by atoms with Crippen molar-refractivity contribution in [1.29, 1.82) is 0 Å². The number of halogens is 3. The molecule has 0 aliphatic carbocycles. The van der Waals surface area contributed by atoms with Crippen molar-refractivity contribution < 1.29 is 32.0 Å². The molecule has 1 atom stereocenters. The van der Waals surface area contributed by atoms with Gasteiger partial charge in [0.25, 0.3) is 0 Å².